The van der Waals surface area contributed by atoms with Gasteiger partial charge in [0.15, 0.2) is 17.8 Å². The number of benzene rings is 3. The van der Waals surface area contributed by atoms with Crippen molar-refractivity contribution >= 4 is 33.6 Å². The third kappa shape index (κ3) is 4.18. The minimum Gasteiger partial charge on any atom is -0.501 e. The lowest BCUT2D eigenvalue weighted by Crippen LogP contribution is -2.03. The van der Waals surface area contributed by atoms with Gasteiger partial charge in [-0.1, -0.05) is 37.6 Å². The molecule has 11 heteroatoms. The first-order chi connectivity index (χ1) is 16.8. The lowest BCUT2D eigenvalue weighted by Gasteiger charge is -2.16. The number of aldehydes is 1. The van der Waals surface area contributed by atoms with Crippen LogP contribution in [-0.2, 0) is 6.42 Å². The number of halogens is 1. The average Bonchev–Trinajstić information content (AvgIpc) is 3.32. The van der Waals surface area contributed by atoms with Crippen LogP contribution in [0.4, 0.5) is 11.4 Å². The van der Waals surface area contributed by atoms with E-state index in [1.807, 2.05) is 12.1 Å². The molecule has 0 saturated carbocycles. The Hall–Kier alpha value is -3.99. The standard InChI is InChI=1S/C24H19BrN2O8/c1-2-3-4-13-5-7-14(8-6-13)18-16(11-28)21(27(32)33)19(24-23(18)34-12-35-24)15-9-10-17(26(30)31)22(29)20(15)25/h5-11,29H,2-4,12H2,1H3. The van der Waals surface area contributed by atoms with Gasteiger partial charge in [0.25, 0.3) is 5.69 Å². The first kappa shape index (κ1) is 24.1. The molecule has 3 aromatic rings. The highest BCUT2D eigenvalue weighted by Crippen LogP contribution is 2.56. The van der Waals surface area contributed by atoms with Crippen molar-refractivity contribution in [3.05, 3.63) is 72.2 Å². The fourth-order valence-electron chi connectivity index (χ4n) is 4.09. The van der Waals surface area contributed by atoms with Gasteiger partial charge in [0, 0.05) is 17.2 Å². The summed E-state index contributed by atoms with van der Waals surface area (Å²) in [7, 11) is 0. The van der Waals surface area contributed by atoms with Crippen LogP contribution in [0.5, 0.6) is 17.2 Å². The number of carbonyl (C=O) groups is 1. The third-order valence-electron chi connectivity index (χ3n) is 5.75. The number of nitro groups is 2. The SMILES string of the molecule is CCCCc1ccc(-c2c(C=O)c([N+](=O)[O-])c(-c3ccc([N+](=O)[O-])c(O)c3Br)c3c2OCO3)cc1. The van der Waals surface area contributed by atoms with Crippen molar-refractivity contribution < 1.29 is 29.2 Å². The number of rotatable bonds is 8. The minimum atomic E-state index is -0.785. The molecule has 180 valence electrons. The Bertz CT molecular complexity index is 1360. The number of unbranched alkanes of at least 4 members (excludes halogenated alkanes) is 1. The van der Waals surface area contributed by atoms with Gasteiger partial charge in [-0.25, -0.2) is 0 Å². The molecule has 0 aromatic heterocycles. The van der Waals surface area contributed by atoms with Crippen molar-refractivity contribution in [1.29, 1.82) is 0 Å². The first-order valence-electron chi connectivity index (χ1n) is 10.6. The molecule has 0 fully saturated rings. The topological polar surface area (TPSA) is 142 Å². The molecule has 0 bridgehead atoms. The Kier molecular flexibility index (Phi) is 6.70. The average molecular weight is 543 g/mol. The van der Waals surface area contributed by atoms with Gasteiger partial charge in [-0.2, -0.15) is 0 Å². The number of phenolic OH excluding ortho intramolecular Hbond substituents is 1. The van der Waals surface area contributed by atoms with Crippen molar-refractivity contribution in [1.82, 2.24) is 0 Å². The van der Waals surface area contributed by atoms with Crippen LogP contribution >= 0.6 is 15.9 Å². The Morgan fingerprint density at radius 2 is 1.69 bits per heavy atom. The van der Waals surface area contributed by atoms with E-state index < -0.39 is 27.0 Å². The highest BCUT2D eigenvalue weighted by Gasteiger charge is 2.38. The second kappa shape index (κ2) is 9.71. The lowest BCUT2D eigenvalue weighted by atomic mass is 9.90. The Morgan fingerprint density at radius 1 is 1.03 bits per heavy atom. The molecule has 0 radical (unpaired) electrons. The van der Waals surface area contributed by atoms with Gasteiger partial charge in [-0.3, -0.25) is 25.0 Å². The number of carbonyl (C=O) groups excluding carboxylic acids is 1. The first-order valence-corrected chi connectivity index (χ1v) is 11.4. The van der Waals surface area contributed by atoms with Crippen LogP contribution in [0, 0.1) is 20.2 Å². The van der Waals surface area contributed by atoms with E-state index in [1.165, 1.54) is 6.07 Å². The molecular formula is C24H19BrN2O8. The Labute approximate surface area is 207 Å². The summed E-state index contributed by atoms with van der Waals surface area (Å²) in [5, 5.41) is 33.8. The Balaban J connectivity index is 2.01. The minimum absolute atomic E-state index is 0.00122. The molecule has 35 heavy (non-hydrogen) atoms. The monoisotopic (exact) mass is 542 g/mol. The van der Waals surface area contributed by atoms with E-state index in [2.05, 4.69) is 22.9 Å². The van der Waals surface area contributed by atoms with E-state index in [9.17, 15) is 30.1 Å². The number of aryl methyl sites for hydroxylation is 1. The molecule has 10 nitrogen and oxygen atoms in total. The van der Waals surface area contributed by atoms with Gasteiger partial charge in [0.1, 0.15) is 11.1 Å². The summed E-state index contributed by atoms with van der Waals surface area (Å²) in [6.07, 6.45) is 3.31. The number of hydrogen-bond donors (Lipinski definition) is 1. The molecule has 0 aliphatic carbocycles. The highest BCUT2D eigenvalue weighted by atomic mass is 79.9. The number of hydrogen-bond acceptors (Lipinski definition) is 8. The maximum absolute atomic E-state index is 12.3. The van der Waals surface area contributed by atoms with Crippen LogP contribution in [0.25, 0.3) is 22.3 Å². The maximum atomic E-state index is 12.3. The zero-order chi connectivity index (χ0) is 25.3. The molecule has 3 aromatic carbocycles. The molecule has 1 heterocycles. The molecule has 0 saturated heterocycles. The molecule has 1 N–H and O–H groups in total. The van der Waals surface area contributed by atoms with Crippen LogP contribution in [0.2, 0.25) is 0 Å². The zero-order valence-corrected chi connectivity index (χ0v) is 20.0. The second-order valence-electron chi connectivity index (χ2n) is 7.80. The van der Waals surface area contributed by atoms with Crippen LogP contribution in [0.1, 0.15) is 35.7 Å². The predicted octanol–water partition coefficient (Wildman–Crippen LogP) is 6.19. The summed E-state index contributed by atoms with van der Waals surface area (Å²) in [5.74, 6) is -0.575. The highest BCUT2D eigenvalue weighted by molar-refractivity contribution is 9.10. The molecule has 0 amide bonds. The van der Waals surface area contributed by atoms with E-state index in [0.717, 1.165) is 30.9 Å². The number of fused-ring (bicyclic) bond motifs is 1. The largest absolute Gasteiger partial charge is 0.501 e. The number of phenols is 1. The molecule has 0 spiro atoms. The fraction of sp³-hybridized carbons (Fsp3) is 0.208. The fourth-order valence-corrected chi connectivity index (χ4v) is 4.62. The number of nitrogens with zero attached hydrogens (tertiary/aromatic N) is 2. The predicted molar refractivity (Wildman–Crippen MR) is 130 cm³/mol. The normalized spacial score (nSPS) is 11.9. The summed E-state index contributed by atoms with van der Waals surface area (Å²) in [4.78, 5) is 34.2. The van der Waals surface area contributed by atoms with Gasteiger partial charge >= 0.3 is 5.69 Å². The molecular weight excluding hydrogens is 524 g/mol. The summed E-state index contributed by atoms with van der Waals surface area (Å²) in [5.41, 5.74) is 0.349. The van der Waals surface area contributed by atoms with Crippen LogP contribution in [-0.4, -0.2) is 28.0 Å². The third-order valence-corrected chi connectivity index (χ3v) is 6.55. The molecule has 0 atom stereocenters. The van der Waals surface area contributed by atoms with Gasteiger partial charge in [0.2, 0.25) is 12.5 Å². The molecule has 1 aliphatic rings. The summed E-state index contributed by atoms with van der Waals surface area (Å²) in [6, 6.07) is 9.59. The van der Waals surface area contributed by atoms with Crippen LogP contribution in [0.15, 0.2) is 40.9 Å². The van der Waals surface area contributed by atoms with Crippen molar-refractivity contribution in [3.63, 3.8) is 0 Å². The van der Waals surface area contributed by atoms with Gasteiger partial charge in [0.05, 0.1) is 14.3 Å². The zero-order valence-electron chi connectivity index (χ0n) is 18.4. The quantitative estimate of drug-likeness (QED) is 0.201. The van der Waals surface area contributed by atoms with Gasteiger partial charge in [-0.15, -0.1) is 0 Å². The molecule has 0 unspecified atom stereocenters. The van der Waals surface area contributed by atoms with Crippen molar-refractivity contribution in [3.8, 4) is 39.5 Å². The summed E-state index contributed by atoms with van der Waals surface area (Å²) in [6.45, 7) is 1.84. The van der Waals surface area contributed by atoms with Crippen molar-refractivity contribution in [2.45, 2.75) is 26.2 Å². The molecule has 1 aliphatic heterocycles. The van der Waals surface area contributed by atoms with E-state index in [4.69, 9.17) is 9.47 Å². The van der Waals surface area contributed by atoms with Crippen LogP contribution < -0.4 is 9.47 Å². The van der Waals surface area contributed by atoms with Crippen molar-refractivity contribution in [2.24, 2.45) is 0 Å². The second-order valence-corrected chi connectivity index (χ2v) is 8.60. The maximum Gasteiger partial charge on any atom is 0.311 e. The van der Waals surface area contributed by atoms with E-state index in [-0.39, 0.29) is 45.0 Å². The van der Waals surface area contributed by atoms with Gasteiger partial charge < -0.3 is 14.6 Å². The smallest absolute Gasteiger partial charge is 0.311 e. The Morgan fingerprint density at radius 3 is 2.26 bits per heavy atom. The number of ether oxygens (including phenoxy) is 2. The summed E-state index contributed by atoms with van der Waals surface area (Å²) < 4.78 is 11.1. The van der Waals surface area contributed by atoms with E-state index in [1.54, 1.807) is 12.1 Å². The van der Waals surface area contributed by atoms with E-state index in [0.29, 0.717) is 11.8 Å². The van der Waals surface area contributed by atoms with Crippen LogP contribution in [0.3, 0.4) is 0 Å². The number of nitro benzene ring substituents is 2. The number of aromatic hydroxyl groups is 1. The summed E-state index contributed by atoms with van der Waals surface area (Å²) >= 11 is 3.10. The van der Waals surface area contributed by atoms with E-state index >= 15 is 0 Å². The lowest BCUT2D eigenvalue weighted by molar-refractivity contribution is -0.386. The van der Waals surface area contributed by atoms with Crippen molar-refractivity contribution in [2.75, 3.05) is 6.79 Å². The van der Waals surface area contributed by atoms with Gasteiger partial charge in [-0.05, 0) is 46.0 Å². The molecule has 4 rings (SSSR count).